The van der Waals surface area contributed by atoms with E-state index in [1.54, 1.807) is 0 Å². The molecule has 0 saturated heterocycles. The largest absolute Gasteiger partial charge is 0.334 e. The number of imidazole rings is 1. The van der Waals surface area contributed by atoms with Crippen molar-refractivity contribution in [2.45, 2.75) is 33.6 Å². The second-order valence-electron chi connectivity index (χ2n) is 4.89. The lowest BCUT2D eigenvalue weighted by Gasteiger charge is -2.08. The minimum atomic E-state index is 0.979. The third-order valence-corrected chi connectivity index (χ3v) is 4.15. The fourth-order valence-corrected chi connectivity index (χ4v) is 2.99. The molecular weight excluding hydrogens is 288 g/mol. The van der Waals surface area contributed by atoms with Crippen molar-refractivity contribution in [3.05, 3.63) is 51.0 Å². The van der Waals surface area contributed by atoms with Crippen LogP contribution in [0.3, 0.4) is 0 Å². The highest BCUT2D eigenvalue weighted by molar-refractivity contribution is 9.10. The molecule has 1 aromatic carbocycles. The molecule has 0 aliphatic heterocycles. The van der Waals surface area contributed by atoms with E-state index in [2.05, 4.69) is 64.6 Å². The van der Waals surface area contributed by atoms with Crippen molar-refractivity contribution in [2.24, 2.45) is 7.05 Å². The van der Waals surface area contributed by atoms with E-state index in [1.165, 1.54) is 22.4 Å². The first-order valence-corrected chi connectivity index (χ1v) is 7.02. The van der Waals surface area contributed by atoms with Gasteiger partial charge in [0.25, 0.3) is 0 Å². The molecule has 96 valence electrons. The Bertz CT molecular complexity index is 570. The molecule has 0 N–H and O–H groups in total. The summed E-state index contributed by atoms with van der Waals surface area (Å²) in [7, 11) is 2.07. The lowest BCUT2D eigenvalue weighted by Crippen LogP contribution is -2.02. The van der Waals surface area contributed by atoms with Crippen LogP contribution in [0.15, 0.2) is 22.8 Å². The van der Waals surface area contributed by atoms with E-state index in [4.69, 9.17) is 0 Å². The van der Waals surface area contributed by atoms with Gasteiger partial charge in [0.1, 0.15) is 10.4 Å². The molecule has 0 aliphatic rings. The number of halogens is 1. The van der Waals surface area contributed by atoms with Crippen LogP contribution in [0.2, 0.25) is 0 Å². The van der Waals surface area contributed by atoms with E-state index >= 15 is 0 Å². The number of rotatable bonds is 3. The Morgan fingerprint density at radius 3 is 2.44 bits per heavy atom. The summed E-state index contributed by atoms with van der Waals surface area (Å²) < 4.78 is 3.14. The van der Waals surface area contributed by atoms with Gasteiger partial charge < -0.3 is 4.57 Å². The Labute approximate surface area is 117 Å². The van der Waals surface area contributed by atoms with Crippen molar-refractivity contribution in [3.8, 4) is 0 Å². The molecule has 0 saturated carbocycles. The molecule has 2 nitrogen and oxygen atoms in total. The van der Waals surface area contributed by atoms with Gasteiger partial charge in [-0.05, 0) is 60.7 Å². The van der Waals surface area contributed by atoms with Crippen LogP contribution < -0.4 is 0 Å². The van der Waals surface area contributed by atoms with E-state index in [1.807, 2.05) is 6.92 Å². The Kier molecular flexibility index (Phi) is 3.91. The molecule has 0 aliphatic carbocycles. The van der Waals surface area contributed by atoms with E-state index in [-0.39, 0.29) is 0 Å². The summed E-state index contributed by atoms with van der Waals surface area (Å²) in [4.78, 5) is 4.44. The average molecular weight is 307 g/mol. The van der Waals surface area contributed by atoms with Gasteiger partial charge in [-0.1, -0.05) is 23.8 Å². The zero-order chi connectivity index (χ0) is 13.3. The smallest absolute Gasteiger partial charge is 0.127 e. The number of benzene rings is 1. The maximum atomic E-state index is 4.44. The predicted molar refractivity (Wildman–Crippen MR) is 79.0 cm³/mol. The van der Waals surface area contributed by atoms with Crippen LogP contribution in [0.1, 0.15) is 28.2 Å². The minimum Gasteiger partial charge on any atom is -0.334 e. The molecule has 18 heavy (non-hydrogen) atoms. The van der Waals surface area contributed by atoms with Crippen LogP contribution in [0.5, 0.6) is 0 Å². The summed E-state index contributed by atoms with van der Waals surface area (Å²) >= 11 is 3.54. The third-order valence-electron chi connectivity index (χ3n) is 3.52. The predicted octanol–water partition coefficient (Wildman–Crippen LogP) is 3.89. The number of hydrogen-bond acceptors (Lipinski definition) is 1. The first-order valence-electron chi connectivity index (χ1n) is 6.23. The molecule has 0 unspecified atom stereocenters. The molecule has 0 spiro atoms. The third kappa shape index (κ3) is 2.66. The summed E-state index contributed by atoms with van der Waals surface area (Å²) in [5, 5.41) is 0. The Morgan fingerprint density at radius 2 is 1.89 bits per heavy atom. The molecule has 0 fully saturated rings. The molecule has 0 radical (unpaired) electrons. The Morgan fingerprint density at radius 1 is 1.17 bits per heavy atom. The molecule has 0 atom stereocenters. The molecule has 0 bridgehead atoms. The lowest BCUT2D eigenvalue weighted by atomic mass is 10.0. The van der Waals surface area contributed by atoms with E-state index < -0.39 is 0 Å². The monoisotopic (exact) mass is 306 g/mol. The van der Waals surface area contributed by atoms with E-state index in [0.717, 1.165) is 23.3 Å². The van der Waals surface area contributed by atoms with Crippen LogP contribution in [-0.4, -0.2) is 9.55 Å². The number of hydrogen-bond donors (Lipinski definition) is 0. The number of aromatic nitrogens is 2. The highest BCUT2D eigenvalue weighted by Crippen LogP contribution is 2.20. The second kappa shape index (κ2) is 5.27. The van der Waals surface area contributed by atoms with Crippen molar-refractivity contribution in [2.75, 3.05) is 0 Å². The Hall–Kier alpha value is -1.09. The fourth-order valence-electron chi connectivity index (χ4n) is 2.27. The topological polar surface area (TPSA) is 17.8 Å². The Balaban J connectivity index is 2.16. The molecule has 1 heterocycles. The van der Waals surface area contributed by atoms with Gasteiger partial charge in [0.05, 0.1) is 5.69 Å². The van der Waals surface area contributed by atoms with E-state index in [9.17, 15) is 0 Å². The minimum absolute atomic E-state index is 0.979. The summed E-state index contributed by atoms with van der Waals surface area (Å²) in [6.45, 7) is 6.36. The fraction of sp³-hybridized carbons (Fsp3) is 0.400. The van der Waals surface area contributed by atoms with Crippen molar-refractivity contribution in [3.63, 3.8) is 0 Å². The zero-order valence-electron chi connectivity index (χ0n) is 11.4. The summed E-state index contributed by atoms with van der Waals surface area (Å²) in [5.74, 6) is 1.05. The van der Waals surface area contributed by atoms with Gasteiger partial charge >= 0.3 is 0 Å². The van der Waals surface area contributed by atoms with Gasteiger partial charge in [-0.15, -0.1) is 0 Å². The summed E-state index contributed by atoms with van der Waals surface area (Å²) in [6.07, 6.45) is 2.07. The molecule has 3 heteroatoms. The average Bonchev–Trinajstić information content (AvgIpc) is 2.53. The lowest BCUT2D eigenvalue weighted by molar-refractivity contribution is 0.769. The summed E-state index contributed by atoms with van der Waals surface area (Å²) in [5.41, 5.74) is 5.40. The van der Waals surface area contributed by atoms with Gasteiger partial charge in [-0.25, -0.2) is 4.98 Å². The quantitative estimate of drug-likeness (QED) is 0.841. The van der Waals surface area contributed by atoms with Crippen LogP contribution in [0.25, 0.3) is 0 Å². The molecule has 1 aromatic heterocycles. The van der Waals surface area contributed by atoms with Gasteiger partial charge in [-0.2, -0.15) is 0 Å². The van der Waals surface area contributed by atoms with Crippen LogP contribution in [0, 0.1) is 20.8 Å². The maximum absolute atomic E-state index is 4.44. The molecule has 0 amide bonds. The number of aryl methyl sites for hydroxylation is 4. The first kappa shape index (κ1) is 13.3. The van der Waals surface area contributed by atoms with Crippen molar-refractivity contribution < 1.29 is 0 Å². The van der Waals surface area contributed by atoms with Crippen molar-refractivity contribution >= 4 is 15.9 Å². The van der Waals surface area contributed by atoms with Crippen LogP contribution >= 0.6 is 15.9 Å². The highest BCUT2D eigenvalue weighted by Gasteiger charge is 2.10. The second-order valence-corrected chi connectivity index (χ2v) is 5.64. The van der Waals surface area contributed by atoms with Gasteiger partial charge in [0.2, 0.25) is 0 Å². The SMILES string of the molecule is Cc1ccc(CCc2c(Br)nc(C)n2C)c(C)c1. The first-order chi connectivity index (χ1) is 8.49. The van der Waals surface area contributed by atoms with Crippen molar-refractivity contribution in [1.82, 2.24) is 9.55 Å². The zero-order valence-corrected chi connectivity index (χ0v) is 13.0. The molecule has 2 rings (SSSR count). The highest BCUT2D eigenvalue weighted by atomic mass is 79.9. The molecular formula is C15H19BrN2. The van der Waals surface area contributed by atoms with Crippen LogP contribution in [-0.2, 0) is 19.9 Å². The standard InChI is InChI=1S/C15H19BrN2/c1-10-5-6-13(11(2)9-10)7-8-14-15(16)17-12(3)18(14)4/h5-6,9H,7-8H2,1-4H3. The van der Waals surface area contributed by atoms with Gasteiger partial charge in [0.15, 0.2) is 0 Å². The van der Waals surface area contributed by atoms with E-state index in [0.29, 0.717) is 0 Å². The molecule has 2 aromatic rings. The summed E-state index contributed by atoms with van der Waals surface area (Å²) in [6, 6.07) is 6.67. The van der Waals surface area contributed by atoms with Gasteiger partial charge in [-0.3, -0.25) is 0 Å². The van der Waals surface area contributed by atoms with Crippen molar-refractivity contribution in [1.29, 1.82) is 0 Å². The number of nitrogens with zero attached hydrogens (tertiary/aromatic N) is 2. The normalized spacial score (nSPS) is 10.9. The maximum Gasteiger partial charge on any atom is 0.127 e. The van der Waals surface area contributed by atoms with Gasteiger partial charge in [0, 0.05) is 7.05 Å². The van der Waals surface area contributed by atoms with Crippen LogP contribution in [0.4, 0.5) is 0 Å².